The van der Waals surface area contributed by atoms with Crippen molar-refractivity contribution in [2.45, 2.75) is 30.0 Å². The van der Waals surface area contributed by atoms with Crippen LogP contribution in [0.25, 0.3) is 0 Å². The number of aliphatic hydroxyl groups is 2. The molecule has 5 atom stereocenters. The van der Waals surface area contributed by atoms with Crippen LogP contribution >= 0.6 is 19.4 Å². The minimum atomic E-state index is -4.73. The summed E-state index contributed by atoms with van der Waals surface area (Å²) in [4.78, 5) is 25.4. The van der Waals surface area contributed by atoms with Crippen LogP contribution in [0.4, 0.5) is 5.82 Å². The van der Waals surface area contributed by atoms with Gasteiger partial charge < -0.3 is 35.8 Å². The van der Waals surface area contributed by atoms with Crippen LogP contribution in [0.2, 0.25) is 0 Å². The van der Waals surface area contributed by atoms with Gasteiger partial charge in [-0.3, -0.25) is 9.09 Å². The van der Waals surface area contributed by atoms with Crippen LogP contribution in [0.1, 0.15) is 17.4 Å². The fourth-order valence-electron chi connectivity index (χ4n) is 2.48. The Morgan fingerprint density at radius 1 is 1.46 bits per heavy atom. The van der Waals surface area contributed by atoms with Crippen LogP contribution in [0.3, 0.4) is 0 Å². The van der Waals surface area contributed by atoms with Crippen LogP contribution < -0.4 is 11.1 Å². The number of imidazole rings is 1. The third kappa shape index (κ3) is 3.27. The number of hydrogen-bond acceptors (Lipinski definition) is 9. The highest BCUT2D eigenvalue weighted by Crippen LogP contribution is 2.40. The number of guanidine groups is 1. The zero-order valence-corrected chi connectivity index (χ0v) is 13.6. The second-order valence-electron chi connectivity index (χ2n) is 5.19. The number of aliphatic imine (C=N–C) groups is 1. The molecule has 2 unspecified atom stereocenters. The Morgan fingerprint density at radius 3 is 2.83 bits per heavy atom. The number of phosphoric ester groups is 1. The monoisotopic (exact) mass is 383 g/mol. The molecule has 0 aromatic carbocycles. The van der Waals surface area contributed by atoms with Crippen LogP contribution in [0, 0.1) is 0 Å². The number of ether oxygens (including phenoxy) is 1. The molecule has 1 aromatic rings. The average Bonchev–Trinajstić information content (AvgIpc) is 3.00. The first-order valence-electron chi connectivity index (χ1n) is 6.70. The predicted molar refractivity (Wildman–Crippen MR) is 80.0 cm³/mol. The van der Waals surface area contributed by atoms with Crippen LogP contribution in [-0.4, -0.2) is 60.4 Å². The third-order valence-corrected chi connectivity index (χ3v) is 4.35. The van der Waals surface area contributed by atoms with E-state index in [-0.39, 0.29) is 5.96 Å². The summed E-state index contributed by atoms with van der Waals surface area (Å²) in [5.41, 5.74) is 5.14. The van der Waals surface area contributed by atoms with Gasteiger partial charge in [0.1, 0.15) is 29.8 Å². The summed E-state index contributed by atoms with van der Waals surface area (Å²) < 4.78 is 21.9. The van der Waals surface area contributed by atoms with E-state index in [1.165, 1.54) is 10.9 Å². The Labute approximate surface area is 140 Å². The molecular formula is C10H15ClN5O7P. The molecule has 0 spiro atoms. The number of nitrogens with two attached hydrogens (primary N) is 1. The number of rotatable bonds is 4. The molecule has 3 heterocycles. The Hall–Kier alpha value is -1.24. The van der Waals surface area contributed by atoms with Gasteiger partial charge in [0, 0.05) is 0 Å². The lowest BCUT2D eigenvalue weighted by molar-refractivity contribution is -0.0511. The summed E-state index contributed by atoms with van der Waals surface area (Å²) in [5.74, 6) is 0.369. The van der Waals surface area contributed by atoms with Crippen LogP contribution in [0.5, 0.6) is 0 Å². The fourth-order valence-corrected chi connectivity index (χ4v) is 3.08. The largest absolute Gasteiger partial charge is 0.469 e. The van der Waals surface area contributed by atoms with Gasteiger partial charge in [0.2, 0.25) is 0 Å². The molecule has 14 heteroatoms. The SMILES string of the molecule is NC1=NC(Cl)c2ncn([C@@H]3O[C@H](COP(=O)(O)O)C(O)[C@@H]3O)c2N1. The number of nitrogens with one attached hydrogen (secondary N) is 1. The Bertz CT molecular complexity index is 708. The number of halogens is 1. The number of fused-ring (bicyclic) bond motifs is 1. The summed E-state index contributed by atoms with van der Waals surface area (Å²) in [6.07, 6.45) is -3.76. The van der Waals surface area contributed by atoms with Crippen molar-refractivity contribution >= 4 is 31.2 Å². The van der Waals surface area contributed by atoms with Crippen molar-refractivity contribution in [3.05, 3.63) is 12.0 Å². The minimum Gasteiger partial charge on any atom is -0.387 e. The molecule has 2 aliphatic heterocycles. The molecule has 24 heavy (non-hydrogen) atoms. The van der Waals surface area contributed by atoms with Crippen molar-refractivity contribution in [3.8, 4) is 0 Å². The molecule has 7 N–H and O–H groups in total. The van der Waals surface area contributed by atoms with Crippen LogP contribution in [-0.2, 0) is 13.8 Å². The van der Waals surface area contributed by atoms with E-state index in [0.717, 1.165) is 0 Å². The number of nitrogens with zero attached hydrogens (tertiary/aromatic N) is 3. The van der Waals surface area contributed by atoms with Gasteiger partial charge in [-0.05, 0) is 0 Å². The lowest BCUT2D eigenvalue weighted by atomic mass is 10.1. The third-order valence-electron chi connectivity index (χ3n) is 3.56. The van der Waals surface area contributed by atoms with Crippen molar-refractivity contribution in [3.63, 3.8) is 0 Å². The second kappa shape index (κ2) is 6.24. The normalized spacial score (nSPS) is 33.0. The Balaban J connectivity index is 1.80. The Kier molecular flexibility index (Phi) is 4.57. The van der Waals surface area contributed by atoms with Crippen molar-refractivity contribution in [2.24, 2.45) is 10.7 Å². The van der Waals surface area contributed by atoms with Gasteiger partial charge >= 0.3 is 7.82 Å². The van der Waals surface area contributed by atoms with Gasteiger partial charge in [0.15, 0.2) is 17.7 Å². The maximum absolute atomic E-state index is 10.8. The van der Waals surface area contributed by atoms with E-state index in [1.807, 2.05) is 0 Å². The zero-order valence-electron chi connectivity index (χ0n) is 11.9. The van der Waals surface area contributed by atoms with E-state index in [0.29, 0.717) is 11.5 Å². The summed E-state index contributed by atoms with van der Waals surface area (Å²) >= 11 is 6.01. The number of aliphatic hydroxyl groups excluding tert-OH is 2. The van der Waals surface area contributed by atoms with Gasteiger partial charge in [-0.2, -0.15) is 0 Å². The highest BCUT2D eigenvalue weighted by Gasteiger charge is 2.45. The highest BCUT2D eigenvalue weighted by atomic mass is 35.5. The molecule has 0 saturated carbocycles. The van der Waals surface area contributed by atoms with E-state index in [4.69, 9.17) is 31.9 Å². The van der Waals surface area contributed by atoms with Crippen molar-refractivity contribution < 1.29 is 33.8 Å². The lowest BCUT2D eigenvalue weighted by Gasteiger charge is -2.22. The van der Waals surface area contributed by atoms with Gasteiger partial charge in [-0.1, -0.05) is 11.6 Å². The molecule has 0 bridgehead atoms. The summed E-state index contributed by atoms with van der Waals surface area (Å²) in [5, 5.41) is 22.9. The number of hydrogen-bond donors (Lipinski definition) is 6. The highest BCUT2D eigenvalue weighted by molar-refractivity contribution is 7.46. The smallest absolute Gasteiger partial charge is 0.387 e. The molecule has 3 rings (SSSR count). The standard InChI is InChI=1S/C10H15ClN5O7P/c11-7-4-8(15-10(12)14-7)16(2-13-4)9-6(18)5(17)3(23-9)1-22-24(19,20)21/h2-3,5-7,9,17-18H,1H2,(H3,12,14,15)(H2,19,20,21)/t3-,5?,6+,7?,9-/m1/s1. The van der Waals surface area contributed by atoms with E-state index in [9.17, 15) is 14.8 Å². The first-order valence-corrected chi connectivity index (χ1v) is 8.67. The van der Waals surface area contributed by atoms with Crippen molar-refractivity contribution in [1.82, 2.24) is 9.55 Å². The van der Waals surface area contributed by atoms with Gasteiger partial charge in [0.25, 0.3) is 0 Å². The topological polar surface area (TPSA) is 185 Å². The number of anilines is 1. The molecule has 134 valence electrons. The Morgan fingerprint density at radius 2 is 2.17 bits per heavy atom. The maximum Gasteiger partial charge on any atom is 0.469 e. The second-order valence-corrected chi connectivity index (χ2v) is 6.85. The summed E-state index contributed by atoms with van der Waals surface area (Å²) in [6, 6.07) is 0. The van der Waals surface area contributed by atoms with E-state index < -0.39 is 44.5 Å². The summed E-state index contributed by atoms with van der Waals surface area (Å²) in [6.45, 7) is -0.606. The molecule has 12 nitrogen and oxygen atoms in total. The molecular weight excluding hydrogens is 369 g/mol. The van der Waals surface area contributed by atoms with E-state index in [2.05, 4.69) is 19.8 Å². The predicted octanol–water partition coefficient (Wildman–Crippen LogP) is -1.41. The first kappa shape index (κ1) is 17.6. The number of aromatic nitrogens is 2. The number of alkyl halides is 1. The van der Waals surface area contributed by atoms with Crippen molar-refractivity contribution in [1.29, 1.82) is 0 Å². The molecule has 0 amide bonds. The van der Waals surface area contributed by atoms with E-state index in [1.54, 1.807) is 0 Å². The van der Waals surface area contributed by atoms with Crippen LogP contribution in [0.15, 0.2) is 11.3 Å². The molecule has 1 aromatic heterocycles. The van der Waals surface area contributed by atoms with Gasteiger partial charge in [-0.25, -0.2) is 14.5 Å². The fraction of sp³-hybridized carbons (Fsp3) is 0.600. The quantitative estimate of drug-likeness (QED) is 0.205. The molecule has 1 saturated heterocycles. The van der Waals surface area contributed by atoms with Gasteiger partial charge in [0.05, 0.1) is 12.9 Å². The number of phosphoric acid groups is 1. The minimum absolute atomic E-state index is 0.0404. The average molecular weight is 384 g/mol. The molecule has 0 radical (unpaired) electrons. The maximum atomic E-state index is 10.8. The molecule has 2 aliphatic rings. The zero-order chi connectivity index (χ0) is 17.6. The first-order chi connectivity index (χ1) is 11.2. The summed E-state index contributed by atoms with van der Waals surface area (Å²) in [7, 11) is -4.73. The lowest BCUT2D eigenvalue weighted by Crippen LogP contribution is -2.34. The van der Waals surface area contributed by atoms with E-state index >= 15 is 0 Å². The van der Waals surface area contributed by atoms with Crippen molar-refractivity contribution in [2.75, 3.05) is 11.9 Å². The van der Waals surface area contributed by atoms with Gasteiger partial charge in [-0.15, -0.1) is 0 Å². The molecule has 0 aliphatic carbocycles. The molecule has 1 fully saturated rings.